The van der Waals surface area contributed by atoms with Crippen LogP contribution in [0.25, 0.3) is 11.0 Å². The number of nitriles is 1. The standard InChI is InChI=1S/C16H16ClFN2O2/c1-16(2,9-19)10-20(15(21)7-17)8-13-6-11-5-12(18)3-4-14(11)22-13/h3-6H,7-8,10H2,1-2H3. The Bertz CT molecular complexity index is 733. The summed E-state index contributed by atoms with van der Waals surface area (Å²) in [5, 5.41) is 9.75. The van der Waals surface area contributed by atoms with Crippen molar-refractivity contribution in [3.63, 3.8) is 0 Å². The zero-order chi connectivity index (χ0) is 16.3. The first-order chi connectivity index (χ1) is 10.3. The van der Waals surface area contributed by atoms with Crippen molar-refractivity contribution in [3.05, 3.63) is 35.8 Å². The normalized spacial score (nSPS) is 11.4. The van der Waals surface area contributed by atoms with Gasteiger partial charge in [0.1, 0.15) is 23.0 Å². The topological polar surface area (TPSA) is 57.2 Å². The Kier molecular flexibility index (Phi) is 4.72. The molecular formula is C16H16ClFN2O2. The van der Waals surface area contributed by atoms with Crippen LogP contribution in [0.15, 0.2) is 28.7 Å². The van der Waals surface area contributed by atoms with Gasteiger partial charge in [-0.05, 0) is 38.1 Å². The SMILES string of the molecule is CC(C)(C#N)CN(Cc1cc2cc(F)ccc2o1)C(=O)CCl. The van der Waals surface area contributed by atoms with Crippen LogP contribution >= 0.6 is 11.6 Å². The van der Waals surface area contributed by atoms with Gasteiger partial charge < -0.3 is 9.32 Å². The molecule has 4 nitrogen and oxygen atoms in total. The molecule has 0 saturated heterocycles. The van der Waals surface area contributed by atoms with Crippen LogP contribution in [0.4, 0.5) is 4.39 Å². The molecule has 0 N–H and O–H groups in total. The Hall–Kier alpha value is -2.06. The van der Waals surface area contributed by atoms with E-state index >= 15 is 0 Å². The lowest BCUT2D eigenvalue weighted by Gasteiger charge is -2.27. The van der Waals surface area contributed by atoms with E-state index in [1.807, 2.05) is 0 Å². The molecule has 0 saturated carbocycles. The fourth-order valence-electron chi connectivity index (χ4n) is 2.16. The summed E-state index contributed by atoms with van der Waals surface area (Å²) in [5.74, 6) is -0.278. The summed E-state index contributed by atoms with van der Waals surface area (Å²) in [7, 11) is 0. The predicted molar refractivity (Wildman–Crippen MR) is 81.7 cm³/mol. The van der Waals surface area contributed by atoms with Crippen LogP contribution in [0.2, 0.25) is 0 Å². The van der Waals surface area contributed by atoms with Gasteiger partial charge in [-0.25, -0.2) is 4.39 Å². The predicted octanol–water partition coefficient (Wildman–Crippen LogP) is 3.69. The number of nitrogens with zero attached hydrogens (tertiary/aromatic N) is 2. The molecule has 1 heterocycles. The first-order valence-corrected chi connectivity index (χ1v) is 7.31. The molecule has 22 heavy (non-hydrogen) atoms. The lowest BCUT2D eigenvalue weighted by atomic mass is 9.95. The van der Waals surface area contributed by atoms with Crippen molar-refractivity contribution in [2.75, 3.05) is 12.4 Å². The maximum absolute atomic E-state index is 13.2. The van der Waals surface area contributed by atoms with Crippen LogP contribution in [0, 0.1) is 22.6 Å². The summed E-state index contributed by atoms with van der Waals surface area (Å²) in [6.45, 7) is 3.92. The molecule has 0 aliphatic rings. The van der Waals surface area contributed by atoms with Gasteiger partial charge in [-0.3, -0.25) is 4.79 Å². The van der Waals surface area contributed by atoms with Crippen molar-refractivity contribution < 1.29 is 13.6 Å². The summed E-state index contributed by atoms with van der Waals surface area (Å²) >= 11 is 5.63. The average Bonchev–Trinajstić information content (AvgIpc) is 2.86. The van der Waals surface area contributed by atoms with E-state index in [9.17, 15) is 9.18 Å². The molecule has 0 aliphatic heterocycles. The third kappa shape index (κ3) is 3.77. The van der Waals surface area contributed by atoms with E-state index in [0.29, 0.717) is 16.7 Å². The molecule has 0 fully saturated rings. The number of rotatable bonds is 5. The fourth-order valence-corrected chi connectivity index (χ4v) is 2.33. The second-order valence-corrected chi connectivity index (χ2v) is 6.04. The highest BCUT2D eigenvalue weighted by Gasteiger charge is 2.25. The largest absolute Gasteiger partial charge is 0.459 e. The van der Waals surface area contributed by atoms with E-state index in [4.69, 9.17) is 21.3 Å². The number of furan rings is 1. The van der Waals surface area contributed by atoms with Crippen molar-refractivity contribution in [3.8, 4) is 6.07 Å². The molecule has 1 aromatic heterocycles. The number of carbonyl (C=O) groups excluding carboxylic acids is 1. The minimum atomic E-state index is -0.695. The number of amides is 1. The number of alkyl halides is 1. The molecule has 0 atom stereocenters. The van der Waals surface area contributed by atoms with Gasteiger partial charge in [0.25, 0.3) is 0 Å². The van der Waals surface area contributed by atoms with E-state index in [2.05, 4.69) is 6.07 Å². The van der Waals surface area contributed by atoms with Crippen molar-refractivity contribution in [1.82, 2.24) is 4.90 Å². The van der Waals surface area contributed by atoms with Crippen molar-refractivity contribution in [2.45, 2.75) is 20.4 Å². The van der Waals surface area contributed by atoms with Gasteiger partial charge in [0.15, 0.2) is 0 Å². The van der Waals surface area contributed by atoms with Crippen molar-refractivity contribution in [2.24, 2.45) is 5.41 Å². The first-order valence-electron chi connectivity index (χ1n) is 6.77. The molecule has 1 aromatic carbocycles. The van der Waals surface area contributed by atoms with Crippen LogP contribution in [-0.2, 0) is 11.3 Å². The van der Waals surface area contributed by atoms with Gasteiger partial charge in [-0.15, -0.1) is 11.6 Å². The Morgan fingerprint density at radius 3 is 2.82 bits per heavy atom. The van der Waals surface area contributed by atoms with E-state index in [1.54, 1.807) is 26.0 Å². The van der Waals surface area contributed by atoms with Crippen LogP contribution in [0.5, 0.6) is 0 Å². The zero-order valence-electron chi connectivity index (χ0n) is 12.4. The maximum Gasteiger partial charge on any atom is 0.237 e. The van der Waals surface area contributed by atoms with Crippen LogP contribution < -0.4 is 0 Å². The van der Waals surface area contributed by atoms with Gasteiger partial charge in [0, 0.05) is 11.9 Å². The van der Waals surface area contributed by atoms with E-state index in [0.717, 1.165) is 0 Å². The molecule has 6 heteroatoms. The third-order valence-corrected chi connectivity index (χ3v) is 3.46. The molecule has 0 aliphatic carbocycles. The van der Waals surface area contributed by atoms with Gasteiger partial charge in [-0.2, -0.15) is 5.26 Å². The Morgan fingerprint density at radius 2 is 2.18 bits per heavy atom. The quantitative estimate of drug-likeness (QED) is 0.789. The second-order valence-electron chi connectivity index (χ2n) is 5.77. The molecular weight excluding hydrogens is 307 g/mol. The third-order valence-electron chi connectivity index (χ3n) is 3.23. The maximum atomic E-state index is 13.2. The van der Waals surface area contributed by atoms with Gasteiger partial charge >= 0.3 is 0 Å². The molecule has 0 radical (unpaired) electrons. The number of hydrogen-bond acceptors (Lipinski definition) is 3. The van der Waals surface area contributed by atoms with E-state index < -0.39 is 5.41 Å². The molecule has 116 valence electrons. The summed E-state index contributed by atoms with van der Waals surface area (Å²) in [4.78, 5) is 13.4. The lowest BCUT2D eigenvalue weighted by molar-refractivity contribution is -0.130. The van der Waals surface area contributed by atoms with Gasteiger partial charge in [0.2, 0.25) is 5.91 Å². The number of fused-ring (bicyclic) bond motifs is 1. The van der Waals surface area contributed by atoms with Crippen LogP contribution in [0.3, 0.4) is 0 Å². The minimum absolute atomic E-state index is 0.170. The van der Waals surface area contributed by atoms with Crippen molar-refractivity contribution in [1.29, 1.82) is 5.26 Å². The summed E-state index contributed by atoms with van der Waals surface area (Å²) in [6.07, 6.45) is 0. The monoisotopic (exact) mass is 322 g/mol. The average molecular weight is 323 g/mol. The zero-order valence-corrected chi connectivity index (χ0v) is 13.2. The van der Waals surface area contributed by atoms with Crippen LogP contribution in [0.1, 0.15) is 19.6 Å². The molecule has 0 spiro atoms. The van der Waals surface area contributed by atoms with E-state index in [-0.39, 0.29) is 30.7 Å². The number of hydrogen-bond donors (Lipinski definition) is 0. The second kappa shape index (κ2) is 6.37. The molecule has 0 bridgehead atoms. The van der Waals surface area contributed by atoms with Gasteiger partial charge in [-0.1, -0.05) is 0 Å². The highest BCUT2D eigenvalue weighted by atomic mass is 35.5. The Labute approximate surface area is 133 Å². The molecule has 0 unspecified atom stereocenters. The Morgan fingerprint density at radius 1 is 1.45 bits per heavy atom. The number of carbonyl (C=O) groups is 1. The smallest absolute Gasteiger partial charge is 0.237 e. The highest BCUT2D eigenvalue weighted by Crippen LogP contribution is 2.23. The molecule has 1 amide bonds. The number of benzene rings is 1. The summed E-state index contributed by atoms with van der Waals surface area (Å²) < 4.78 is 18.8. The van der Waals surface area contributed by atoms with E-state index in [1.165, 1.54) is 17.0 Å². The first kappa shape index (κ1) is 16.3. The minimum Gasteiger partial charge on any atom is -0.459 e. The van der Waals surface area contributed by atoms with Gasteiger partial charge in [0.05, 0.1) is 18.0 Å². The van der Waals surface area contributed by atoms with Crippen LogP contribution in [-0.4, -0.2) is 23.2 Å². The lowest BCUT2D eigenvalue weighted by Crippen LogP contribution is -2.38. The highest BCUT2D eigenvalue weighted by molar-refractivity contribution is 6.27. The molecule has 2 rings (SSSR count). The summed E-state index contributed by atoms with van der Waals surface area (Å²) in [5.41, 5.74) is -0.144. The fraction of sp³-hybridized carbons (Fsp3) is 0.375. The summed E-state index contributed by atoms with van der Waals surface area (Å²) in [6, 6.07) is 8.07. The van der Waals surface area contributed by atoms with Crippen molar-refractivity contribution >= 4 is 28.5 Å². The Balaban J connectivity index is 2.25. The molecule has 2 aromatic rings. The number of halogens is 2.